The van der Waals surface area contributed by atoms with Crippen LogP contribution in [0.4, 0.5) is 0 Å². The van der Waals surface area contributed by atoms with Gasteiger partial charge in [0.25, 0.3) is 0 Å². The number of ketones is 1. The molecular weight excluding hydrogens is 212 g/mol. The zero-order chi connectivity index (χ0) is 11.3. The molecule has 1 aliphatic carbocycles. The number of sulfone groups is 1. The van der Waals surface area contributed by atoms with Crippen LogP contribution in [-0.4, -0.2) is 25.7 Å². The summed E-state index contributed by atoms with van der Waals surface area (Å²) in [5.41, 5.74) is 0. The summed E-state index contributed by atoms with van der Waals surface area (Å²) in [6, 6.07) is 0. The zero-order valence-electron chi connectivity index (χ0n) is 9.37. The molecule has 0 aromatic rings. The minimum Gasteiger partial charge on any atom is -0.299 e. The second-order valence-electron chi connectivity index (χ2n) is 4.29. The van der Waals surface area contributed by atoms with Crippen molar-refractivity contribution in [1.82, 2.24) is 0 Å². The largest absolute Gasteiger partial charge is 0.299 e. The normalized spacial score (nSPS) is 23.8. The highest BCUT2D eigenvalue weighted by molar-refractivity contribution is 7.91. The molecule has 0 heterocycles. The predicted octanol–water partition coefficient (Wildman–Crippen LogP) is 1.96. The lowest BCUT2D eigenvalue weighted by atomic mass is 9.96. The van der Waals surface area contributed by atoms with E-state index in [4.69, 9.17) is 0 Å². The Morgan fingerprint density at radius 2 is 2.00 bits per heavy atom. The Morgan fingerprint density at radius 1 is 1.27 bits per heavy atom. The summed E-state index contributed by atoms with van der Waals surface area (Å²) in [7, 11) is -2.91. The van der Waals surface area contributed by atoms with Gasteiger partial charge in [-0.25, -0.2) is 8.42 Å². The van der Waals surface area contributed by atoms with Crippen LogP contribution in [0.5, 0.6) is 0 Å². The average molecular weight is 232 g/mol. The lowest BCUT2D eigenvalue weighted by molar-refractivity contribution is -0.122. The van der Waals surface area contributed by atoms with Crippen molar-refractivity contribution in [1.29, 1.82) is 0 Å². The van der Waals surface area contributed by atoms with Gasteiger partial charge in [-0.15, -0.1) is 0 Å². The van der Waals surface area contributed by atoms with Crippen molar-refractivity contribution in [2.45, 2.75) is 45.4 Å². The van der Waals surface area contributed by atoms with E-state index in [-0.39, 0.29) is 23.2 Å². The molecule has 1 rings (SSSR count). The van der Waals surface area contributed by atoms with E-state index in [2.05, 4.69) is 0 Å². The predicted molar refractivity (Wildman–Crippen MR) is 60.5 cm³/mol. The van der Waals surface area contributed by atoms with Gasteiger partial charge in [-0.3, -0.25) is 4.79 Å². The highest BCUT2D eigenvalue weighted by atomic mass is 32.2. The topological polar surface area (TPSA) is 51.2 Å². The molecule has 88 valence electrons. The SMILES string of the molecule is CCS(=O)(=O)CCC1CCCCCC1=O. The fourth-order valence-electron chi connectivity index (χ4n) is 2.00. The third-order valence-electron chi connectivity index (χ3n) is 3.15. The molecular formula is C11H20O3S. The maximum absolute atomic E-state index is 11.6. The summed E-state index contributed by atoms with van der Waals surface area (Å²) in [6.45, 7) is 1.66. The van der Waals surface area contributed by atoms with Gasteiger partial charge in [-0.05, 0) is 19.3 Å². The summed E-state index contributed by atoms with van der Waals surface area (Å²) in [4.78, 5) is 11.6. The van der Waals surface area contributed by atoms with Crippen LogP contribution in [0.1, 0.15) is 45.4 Å². The molecule has 1 atom stereocenters. The molecule has 1 fully saturated rings. The first-order chi connectivity index (χ1) is 7.05. The van der Waals surface area contributed by atoms with E-state index in [9.17, 15) is 13.2 Å². The van der Waals surface area contributed by atoms with E-state index in [0.29, 0.717) is 12.8 Å². The number of hydrogen-bond acceptors (Lipinski definition) is 3. The maximum atomic E-state index is 11.6. The number of hydrogen-bond donors (Lipinski definition) is 0. The molecule has 1 unspecified atom stereocenters. The fraction of sp³-hybridized carbons (Fsp3) is 0.909. The second kappa shape index (κ2) is 5.64. The molecule has 0 aliphatic heterocycles. The highest BCUT2D eigenvalue weighted by Crippen LogP contribution is 2.23. The van der Waals surface area contributed by atoms with Crippen LogP contribution in [0.25, 0.3) is 0 Å². The van der Waals surface area contributed by atoms with Gasteiger partial charge in [-0.2, -0.15) is 0 Å². The van der Waals surface area contributed by atoms with Gasteiger partial charge in [0.05, 0.1) is 5.75 Å². The van der Waals surface area contributed by atoms with E-state index in [0.717, 1.165) is 25.7 Å². The molecule has 0 saturated heterocycles. The molecule has 1 saturated carbocycles. The summed E-state index contributed by atoms with van der Waals surface area (Å²) in [6.07, 6.45) is 5.24. The number of carbonyl (C=O) groups excluding carboxylic acids is 1. The highest BCUT2D eigenvalue weighted by Gasteiger charge is 2.22. The van der Waals surface area contributed by atoms with Crippen molar-refractivity contribution >= 4 is 15.6 Å². The molecule has 0 spiro atoms. The summed E-state index contributed by atoms with van der Waals surface area (Å²) in [5.74, 6) is 0.654. The average Bonchev–Trinajstić information content (AvgIpc) is 2.40. The van der Waals surface area contributed by atoms with E-state index >= 15 is 0 Å². The quantitative estimate of drug-likeness (QED) is 0.696. The fourth-order valence-corrected chi connectivity index (χ4v) is 2.94. The van der Waals surface area contributed by atoms with Gasteiger partial charge in [0, 0.05) is 18.1 Å². The van der Waals surface area contributed by atoms with Gasteiger partial charge in [-0.1, -0.05) is 19.8 Å². The Morgan fingerprint density at radius 3 is 2.67 bits per heavy atom. The third-order valence-corrected chi connectivity index (χ3v) is 4.89. The Labute approximate surface area is 92.2 Å². The smallest absolute Gasteiger partial charge is 0.150 e. The first kappa shape index (κ1) is 12.7. The van der Waals surface area contributed by atoms with Crippen molar-refractivity contribution in [2.75, 3.05) is 11.5 Å². The molecule has 0 aromatic carbocycles. The van der Waals surface area contributed by atoms with Crippen LogP contribution in [0.3, 0.4) is 0 Å². The molecule has 4 heteroatoms. The molecule has 0 bridgehead atoms. The van der Waals surface area contributed by atoms with E-state index < -0.39 is 9.84 Å². The van der Waals surface area contributed by atoms with Crippen LogP contribution in [0, 0.1) is 5.92 Å². The Kier molecular flexibility index (Phi) is 4.77. The Hall–Kier alpha value is -0.380. The molecule has 0 N–H and O–H groups in total. The van der Waals surface area contributed by atoms with Crippen molar-refractivity contribution in [2.24, 2.45) is 5.92 Å². The molecule has 0 aromatic heterocycles. The molecule has 15 heavy (non-hydrogen) atoms. The zero-order valence-corrected chi connectivity index (χ0v) is 10.2. The lowest BCUT2D eigenvalue weighted by Gasteiger charge is -2.11. The molecule has 3 nitrogen and oxygen atoms in total. The summed E-state index contributed by atoms with van der Waals surface area (Å²) < 4.78 is 22.6. The van der Waals surface area contributed by atoms with Crippen LogP contribution in [0.2, 0.25) is 0 Å². The molecule has 0 radical (unpaired) electrons. The van der Waals surface area contributed by atoms with Gasteiger partial charge in [0.1, 0.15) is 15.6 Å². The van der Waals surface area contributed by atoms with Crippen LogP contribution < -0.4 is 0 Å². The Balaban J connectivity index is 2.46. The van der Waals surface area contributed by atoms with Crippen LogP contribution >= 0.6 is 0 Å². The standard InChI is InChI=1S/C11H20O3S/c1-2-15(13,14)9-8-10-6-4-3-5-7-11(10)12/h10H,2-9H2,1H3. The number of Topliss-reactive ketones (excluding diaryl/α,β-unsaturated/α-hetero) is 1. The third kappa shape index (κ3) is 4.33. The second-order valence-corrected chi connectivity index (χ2v) is 6.76. The molecule has 1 aliphatic rings. The van der Waals surface area contributed by atoms with Crippen molar-refractivity contribution < 1.29 is 13.2 Å². The lowest BCUT2D eigenvalue weighted by Crippen LogP contribution is -2.18. The van der Waals surface area contributed by atoms with E-state index in [1.807, 2.05) is 0 Å². The first-order valence-corrected chi connectivity index (χ1v) is 7.60. The number of carbonyl (C=O) groups is 1. The van der Waals surface area contributed by atoms with E-state index in [1.165, 1.54) is 0 Å². The van der Waals surface area contributed by atoms with E-state index in [1.54, 1.807) is 6.92 Å². The first-order valence-electron chi connectivity index (χ1n) is 5.78. The minimum absolute atomic E-state index is 0.00817. The molecule has 0 amide bonds. The minimum atomic E-state index is -2.91. The van der Waals surface area contributed by atoms with Gasteiger partial charge >= 0.3 is 0 Å². The summed E-state index contributed by atoms with van der Waals surface area (Å²) >= 11 is 0. The van der Waals surface area contributed by atoms with Crippen molar-refractivity contribution in [3.63, 3.8) is 0 Å². The van der Waals surface area contributed by atoms with Crippen molar-refractivity contribution in [3.05, 3.63) is 0 Å². The Bertz CT molecular complexity index is 306. The van der Waals surface area contributed by atoms with Gasteiger partial charge < -0.3 is 0 Å². The van der Waals surface area contributed by atoms with Crippen LogP contribution in [0.15, 0.2) is 0 Å². The maximum Gasteiger partial charge on any atom is 0.150 e. The number of rotatable bonds is 4. The van der Waals surface area contributed by atoms with Gasteiger partial charge in [0.15, 0.2) is 0 Å². The van der Waals surface area contributed by atoms with Crippen LogP contribution in [-0.2, 0) is 14.6 Å². The summed E-state index contributed by atoms with van der Waals surface area (Å²) in [5, 5.41) is 0. The van der Waals surface area contributed by atoms with Gasteiger partial charge in [0.2, 0.25) is 0 Å². The van der Waals surface area contributed by atoms with Crippen molar-refractivity contribution in [3.8, 4) is 0 Å². The monoisotopic (exact) mass is 232 g/mol.